The molecule has 0 aromatic heterocycles. The van der Waals surface area contributed by atoms with Gasteiger partial charge in [0, 0.05) is 29.4 Å². The molecule has 150 valence electrons. The van der Waals surface area contributed by atoms with Crippen molar-refractivity contribution in [2.75, 3.05) is 29.9 Å². The highest BCUT2D eigenvalue weighted by Gasteiger charge is 2.06. The van der Waals surface area contributed by atoms with Crippen LogP contribution in [0.1, 0.15) is 19.4 Å². The van der Waals surface area contributed by atoms with Crippen LogP contribution in [0.15, 0.2) is 58.6 Å². The standard InChI is InChI=1S/C20H23F2N3O2S/c1-3-25(4-2)17-9-5-15(6-10-17)13-23-27-14-19(26)24-16-7-11-18(12-8-16)28-20(21)22/h5-13,20H,3-4,14H2,1-2H3,(H,24,26)/b23-13-. The molecule has 0 bridgehead atoms. The smallest absolute Gasteiger partial charge is 0.288 e. The van der Waals surface area contributed by atoms with Crippen molar-refractivity contribution in [3.63, 3.8) is 0 Å². The minimum atomic E-state index is -2.47. The lowest BCUT2D eigenvalue weighted by Gasteiger charge is -2.20. The van der Waals surface area contributed by atoms with E-state index in [4.69, 9.17) is 4.84 Å². The van der Waals surface area contributed by atoms with Crippen LogP contribution in [0.2, 0.25) is 0 Å². The minimum absolute atomic E-state index is 0.248. The topological polar surface area (TPSA) is 53.9 Å². The lowest BCUT2D eigenvalue weighted by atomic mass is 10.2. The lowest BCUT2D eigenvalue weighted by Crippen LogP contribution is -2.21. The van der Waals surface area contributed by atoms with E-state index in [2.05, 4.69) is 29.2 Å². The number of oxime groups is 1. The first-order valence-corrected chi connectivity index (χ1v) is 9.74. The number of carbonyl (C=O) groups excluding carboxylic acids is 1. The number of nitrogens with zero attached hydrogens (tertiary/aromatic N) is 2. The highest BCUT2D eigenvalue weighted by atomic mass is 32.2. The van der Waals surface area contributed by atoms with Gasteiger partial charge in [-0.2, -0.15) is 8.78 Å². The Bertz CT molecular complexity index is 764. The number of carbonyl (C=O) groups is 1. The van der Waals surface area contributed by atoms with Gasteiger partial charge < -0.3 is 15.1 Å². The number of hydrogen-bond donors (Lipinski definition) is 1. The second-order valence-electron chi connectivity index (χ2n) is 5.72. The van der Waals surface area contributed by atoms with Crippen LogP contribution >= 0.6 is 11.8 Å². The maximum atomic E-state index is 12.3. The number of thioether (sulfide) groups is 1. The normalized spacial score (nSPS) is 11.0. The summed E-state index contributed by atoms with van der Waals surface area (Å²) in [4.78, 5) is 19.5. The molecule has 0 aliphatic carbocycles. The molecule has 0 unspecified atom stereocenters. The minimum Gasteiger partial charge on any atom is -0.386 e. The Hall–Kier alpha value is -2.61. The molecule has 28 heavy (non-hydrogen) atoms. The van der Waals surface area contributed by atoms with Gasteiger partial charge in [0.25, 0.3) is 11.7 Å². The van der Waals surface area contributed by atoms with E-state index < -0.39 is 5.76 Å². The first-order chi connectivity index (χ1) is 13.5. The molecule has 0 saturated carbocycles. The second-order valence-corrected chi connectivity index (χ2v) is 6.79. The molecule has 2 aromatic rings. The molecule has 1 amide bonds. The molecule has 0 fully saturated rings. The Morgan fingerprint density at radius 3 is 2.36 bits per heavy atom. The summed E-state index contributed by atoms with van der Waals surface area (Å²) >= 11 is 0.453. The van der Waals surface area contributed by atoms with Crippen molar-refractivity contribution in [2.45, 2.75) is 24.5 Å². The molecule has 0 heterocycles. The molecular weight excluding hydrogens is 384 g/mol. The van der Waals surface area contributed by atoms with Crippen molar-refractivity contribution < 1.29 is 18.4 Å². The van der Waals surface area contributed by atoms with Crippen molar-refractivity contribution in [3.8, 4) is 0 Å². The van der Waals surface area contributed by atoms with E-state index in [1.165, 1.54) is 18.3 Å². The highest BCUT2D eigenvalue weighted by Crippen LogP contribution is 2.26. The summed E-state index contributed by atoms with van der Waals surface area (Å²) in [6.07, 6.45) is 1.54. The van der Waals surface area contributed by atoms with Gasteiger partial charge in [0.1, 0.15) is 0 Å². The second kappa shape index (κ2) is 11.3. The fourth-order valence-electron chi connectivity index (χ4n) is 2.47. The third kappa shape index (κ3) is 7.19. The summed E-state index contributed by atoms with van der Waals surface area (Å²) in [6, 6.07) is 14.0. The van der Waals surface area contributed by atoms with Crippen LogP contribution in [0.5, 0.6) is 0 Å². The summed E-state index contributed by atoms with van der Waals surface area (Å²) in [7, 11) is 0. The van der Waals surface area contributed by atoms with E-state index in [0.717, 1.165) is 24.3 Å². The molecule has 1 N–H and O–H groups in total. The molecular formula is C20H23F2N3O2S. The average molecular weight is 407 g/mol. The predicted molar refractivity (Wildman–Crippen MR) is 110 cm³/mol. The highest BCUT2D eigenvalue weighted by molar-refractivity contribution is 7.99. The Kier molecular flexibility index (Phi) is 8.74. The average Bonchev–Trinajstić information content (AvgIpc) is 2.68. The van der Waals surface area contributed by atoms with Gasteiger partial charge in [-0.25, -0.2) is 0 Å². The number of halogens is 2. The Balaban J connectivity index is 1.77. The molecule has 8 heteroatoms. The first-order valence-electron chi connectivity index (χ1n) is 8.87. The van der Waals surface area contributed by atoms with Crippen LogP contribution in [0.3, 0.4) is 0 Å². The molecule has 0 radical (unpaired) electrons. The van der Waals surface area contributed by atoms with Gasteiger partial charge in [-0.1, -0.05) is 29.1 Å². The summed E-state index contributed by atoms with van der Waals surface area (Å²) < 4.78 is 24.6. The number of hydrogen-bond acceptors (Lipinski definition) is 5. The monoisotopic (exact) mass is 407 g/mol. The van der Waals surface area contributed by atoms with Crippen LogP contribution in [0.25, 0.3) is 0 Å². The van der Waals surface area contributed by atoms with Gasteiger partial charge in [-0.15, -0.1) is 0 Å². The maximum absolute atomic E-state index is 12.3. The molecule has 0 aliphatic rings. The Morgan fingerprint density at radius 1 is 1.14 bits per heavy atom. The van der Waals surface area contributed by atoms with Crippen LogP contribution in [-0.2, 0) is 9.63 Å². The van der Waals surface area contributed by atoms with Crippen molar-refractivity contribution in [2.24, 2.45) is 5.16 Å². The first kappa shape index (κ1) is 21.7. The van der Waals surface area contributed by atoms with Gasteiger partial charge >= 0.3 is 0 Å². The molecule has 2 rings (SSSR count). The molecule has 0 saturated heterocycles. The van der Waals surface area contributed by atoms with E-state index >= 15 is 0 Å². The molecule has 0 spiro atoms. The van der Waals surface area contributed by atoms with E-state index in [9.17, 15) is 13.6 Å². The van der Waals surface area contributed by atoms with E-state index in [-0.39, 0.29) is 12.5 Å². The SMILES string of the molecule is CCN(CC)c1ccc(/C=N\OCC(=O)Nc2ccc(SC(F)F)cc2)cc1. The van der Waals surface area contributed by atoms with Gasteiger partial charge in [0.15, 0.2) is 6.61 Å². The van der Waals surface area contributed by atoms with Crippen molar-refractivity contribution in [1.29, 1.82) is 0 Å². The van der Waals surface area contributed by atoms with Crippen LogP contribution < -0.4 is 10.2 Å². The summed E-state index contributed by atoms with van der Waals surface area (Å²) in [5.74, 6) is -2.86. The summed E-state index contributed by atoms with van der Waals surface area (Å²) in [5.41, 5.74) is 2.51. The molecule has 0 aliphatic heterocycles. The van der Waals surface area contributed by atoms with E-state index in [0.29, 0.717) is 22.3 Å². The van der Waals surface area contributed by atoms with Gasteiger partial charge in [-0.05, 0) is 55.8 Å². The largest absolute Gasteiger partial charge is 0.386 e. The number of alkyl halides is 2. The Morgan fingerprint density at radius 2 is 1.79 bits per heavy atom. The van der Waals surface area contributed by atoms with Crippen LogP contribution in [0, 0.1) is 0 Å². The third-order valence-electron chi connectivity index (χ3n) is 3.86. The fourth-order valence-corrected chi connectivity index (χ4v) is 2.97. The number of anilines is 2. The fraction of sp³-hybridized carbons (Fsp3) is 0.300. The molecule has 2 aromatic carbocycles. The summed E-state index contributed by atoms with van der Waals surface area (Å²) in [5, 5.41) is 6.41. The quantitative estimate of drug-likeness (QED) is 0.348. The third-order valence-corrected chi connectivity index (χ3v) is 4.58. The summed E-state index contributed by atoms with van der Waals surface area (Å²) in [6.45, 7) is 5.84. The molecule has 0 atom stereocenters. The van der Waals surface area contributed by atoms with Crippen molar-refractivity contribution in [3.05, 3.63) is 54.1 Å². The maximum Gasteiger partial charge on any atom is 0.288 e. The zero-order valence-corrected chi connectivity index (χ0v) is 16.6. The number of amides is 1. The number of rotatable bonds is 10. The van der Waals surface area contributed by atoms with Crippen molar-refractivity contribution in [1.82, 2.24) is 0 Å². The predicted octanol–water partition coefficient (Wildman–Crippen LogP) is 4.84. The number of benzene rings is 2. The molecule has 5 nitrogen and oxygen atoms in total. The van der Waals surface area contributed by atoms with E-state index in [1.54, 1.807) is 12.1 Å². The Labute approximate surface area is 167 Å². The van der Waals surface area contributed by atoms with Crippen LogP contribution in [0.4, 0.5) is 20.2 Å². The van der Waals surface area contributed by atoms with Gasteiger partial charge in [0.2, 0.25) is 0 Å². The zero-order valence-electron chi connectivity index (χ0n) is 15.8. The van der Waals surface area contributed by atoms with Crippen LogP contribution in [-0.4, -0.2) is 37.6 Å². The zero-order chi connectivity index (χ0) is 20.4. The number of nitrogens with one attached hydrogen (secondary N) is 1. The van der Waals surface area contributed by atoms with E-state index in [1.807, 2.05) is 24.3 Å². The van der Waals surface area contributed by atoms with Gasteiger partial charge in [0.05, 0.1) is 6.21 Å². The van der Waals surface area contributed by atoms with Gasteiger partial charge in [-0.3, -0.25) is 4.79 Å². The lowest BCUT2D eigenvalue weighted by molar-refractivity contribution is -0.120. The van der Waals surface area contributed by atoms with Crippen molar-refractivity contribution >= 4 is 35.3 Å².